The standard InChI is InChI=1S/C14H18N2O4/c15-14(6-7-20-9-14)13(19)16-11(12(17)18)8-10-4-2-1-3-5-10/h1-5,11H,6-9,15H2,(H,16,19)(H,17,18). The van der Waals surface area contributed by atoms with Crippen molar-refractivity contribution in [2.24, 2.45) is 5.73 Å². The van der Waals surface area contributed by atoms with Gasteiger partial charge in [-0.05, 0) is 12.0 Å². The summed E-state index contributed by atoms with van der Waals surface area (Å²) in [5.41, 5.74) is 5.64. The first kappa shape index (κ1) is 14.5. The summed E-state index contributed by atoms with van der Waals surface area (Å²) in [6, 6.07) is 8.14. The number of benzene rings is 1. The van der Waals surface area contributed by atoms with Crippen molar-refractivity contribution in [1.29, 1.82) is 0 Å². The number of carbonyl (C=O) groups is 2. The Balaban J connectivity index is 2.02. The van der Waals surface area contributed by atoms with Crippen LogP contribution in [-0.2, 0) is 20.7 Å². The van der Waals surface area contributed by atoms with Crippen LogP contribution in [0.5, 0.6) is 0 Å². The molecule has 108 valence electrons. The molecule has 1 amide bonds. The quantitative estimate of drug-likeness (QED) is 0.699. The molecule has 1 saturated heterocycles. The topological polar surface area (TPSA) is 102 Å². The Morgan fingerprint density at radius 2 is 2.10 bits per heavy atom. The fraction of sp³-hybridized carbons (Fsp3) is 0.429. The highest BCUT2D eigenvalue weighted by atomic mass is 16.5. The molecule has 2 atom stereocenters. The summed E-state index contributed by atoms with van der Waals surface area (Å²) in [5.74, 6) is -1.55. The van der Waals surface area contributed by atoms with Crippen molar-refractivity contribution in [3.05, 3.63) is 35.9 Å². The minimum atomic E-state index is -1.12. The SMILES string of the molecule is NC1(C(=O)NC(Cc2ccccc2)C(=O)O)CCOC1. The highest BCUT2D eigenvalue weighted by molar-refractivity contribution is 5.90. The predicted molar refractivity (Wildman–Crippen MR) is 72.1 cm³/mol. The van der Waals surface area contributed by atoms with E-state index in [1.807, 2.05) is 30.3 Å². The van der Waals surface area contributed by atoms with E-state index in [2.05, 4.69) is 5.32 Å². The van der Waals surface area contributed by atoms with E-state index >= 15 is 0 Å². The predicted octanol–water partition coefficient (Wildman–Crippen LogP) is -0.0837. The largest absolute Gasteiger partial charge is 0.480 e. The van der Waals surface area contributed by atoms with Gasteiger partial charge in [-0.2, -0.15) is 0 Å². The maximum Gasteiger partial charge on any atom is 0.326 e. The van der Waals surface area contributed by atoms with E-state index in [1.54, 1.807) is 0 Å². The Labute approximate surface area is 116 Å². The van der Waals surface area contributed by atoms with Gasteiger partial charge < -0.3 is 20.9 Å². The molecule has 1 aromatic carbocycles. The van der Waals surface area contributed by atoms with Crippen molar-refractivity contribution in [3.63, 3.8) is 0 Å². The van der Waals surface area contributed by atoms with Crippen LogP contribution >= 0.6 is 0 Å². The van der Waals surface area contributed by atoms with Crippen LogP contribution < -0.4 is 11.1 Å². The van der Waals surface area contributed by atoms with Gasteiger partial charge in [0.15, 0.2) is 0 Å². The second-order valence-corrected chi connectivity index (χ2v) is 5.01. The maximum atomic E-state index is 12.1. The fourth-order valence-corrected chi connectivity index (χ4v) is 2.11. The summed E-state index contributed by atoms with van der Waals surface area (Å²) in [7, 11) is 0. The van der Waals surface area contributed by atoms with Crippen LogP contribution in [0.15, 0.2) is 30.3 Å². The molecular weight excluding hydrogens is 260 g/mol. The van der Waals surface area contributed by atoms with E-state index in [0.29, 0.717) is 13.0 Å². The normalized spacial score (nSPS) is 23.2. The average Bonchev–Trinajstić information content (AvgIpc) is 2.87. The number of nitrogens with one attached hydrogen (secondary N) is 1. The molecule has 1 aliphatic heterocycles. The molecule has 0 aliphatic carbocycles. The first-order valence-corrected chi connectivity index (χ1v) is 6.45. The summed E-state index contributed by atoms with van der Waals surface area (Å²) in [6.45, 7) is 0.539. The lowest BCUT2D eigenvalue weighted by atomic mass is 9.97. The molecule has 2 rings (SSSR count). The molecule has 4 N–H and O–H groups in total. The smallest absolute Gasteiger partial charge is 0.326 e. The van der Waals surface area contributed by atoms with Gasteiger partial charge in [0.05, 0.1) is 6.61 Å². The van der Waals surface area contributed by atoms with Gasteiger partial charge in [-0.1, -0.05) is 30.3 Å². The Kier molecular flexibility index (Phi) is 4.36. The van der Waals surface area contributed by atoms with Crippen LogP contribution in [0.2, 0.25) is 0 Å². The zero-order valence-corrected chi connectivity index (χ0v) is 11.0. The maximum absolute atomic E-state index is 12.1. The van der Waals surface area contributed by atoms with Crippen LogP contribution in [0, 0.1) is 0 Å². The molecular formula is C14H18N2O4. The lowest BCUT2D eigenvalue weighted by Gasteiger charge is -2.23. The summed E-state index contributed by atoms with van der Waals surface area (Å²) in [5, 5.41) is 11.7. The zero-order valence-electron chi connectivity index (χ0n) is 11.0. The number of aliphatic carboxylic acids is 1. The van der Waals surface area contributed by atoms with Gasteiger partial charge in [-0.15, -0.1) is 0 Å². The van der Waals surface area contributed by atoms with Crippen LogP contribution in [0.25, 0.3) is 0 Å². The third-order valence-electron chi connectivity index (χ3n) is 3.39. The van der Waals surface area contributed by atoms with E-state index in [-0.39, 0.29) is 13.0 Å². The van der Waals surface area contributed by atoms with Gasteiger partial charge in [0.2, 0.25) is 5.91 Å². The molecule has 0 aromatic heterocycles. The lowest BCUT2D eigenvalue weighted by molar-refractivity contribution is -0.142. The summed E-state index contributed by atoms with van der Waals surface area (Å²) >= 11 is 0. The van der Waals surface area contributed by atoms with E-state index in [4.69, 9.17) is 10.5 Å². The molecule has 0 spiro atoms. The van der Waals surface area contributed by atoms with Crippen molar-refractivity contribution < 1.29 is 19.4 Å². The van der Waals surface area contributed by atoms with E-state index < -0.39 is 23.5 Å². The number of hydrogen-bond acceptors (Lipinski definition) is 4. The molecule has 6 heteroatoms. The van der Waals surface area contributed by atoms with Gasteiger partial charge in [0.25, 0.3) is 0 Å². The molecule has 6 nitrogen and oxygen atoms in total. The minimum absolute atomic E-state index is 0.122. The average molecular weight is 278 g/mol. The van der Waals surface area contributed by atoms with Gasteiger partial charge in [0, 0.05) is 13.0 Å². The Bertz CT molecular complexity index is 483. The third-order valence-corrected chi connectivity index (χ3v) is 3.39. The highest BCUT2D eigenvalue weighted by Crippen LogP contribution is 2.16. The van der Waals surface area contributed by atoms with E-state index in [9.17, 15) is 14.7 Å². The van der Waals surface area contributed by atoms with Crippen LogP contribution in [-0.4, -0.2) is 41.8 Å². The number of rotatable bonds is 5. The van der Waals surface area contributed by atoms with Crippen molar-refractivity contribution in [2.45, 2.75) is 24.4 Å². The molecule has 0 bridgehead atoms. The number of amides is 1. The number of carboxylic acids is 1. The number of nitrogens with two attached hydrogens (primary N) is 1. The lowest BCUT2D eigenvalue weighted by Crippen LogP contribution is -2.58. The molecule has 1 heterocycles. The Hall–Kier alpha value is -1.92. The number of carboxylic acid groups (broad SMARTS) is 1. The molecule has 0 radical (unpaired) electrons. The second-order valence-electron chi connectivity index (χ2n) is 5.01. The molecule has 1 fully saturated rings. The number of ether oxygens (including phenoxy) is 1. The zero-order chi connectivity index (χ0) is 14.6. The van der Waals surface area contributed by atoms with E-state index in [0.717, 1.165) is 5.56 Å². The van der Waals surface area contributed by atoms with Gasteiger partial charge in [-0.3, -0.25) is 4.79 Å². The van der Waals surface area contributed by atoms with Crippen LogP contribution in [0.4, 0.5) is 0 Å². The Morgan fingerprint density at radius 3 is 2.65 bits per heavy atom. The van der Waals surface area contributed by atoms with Crippen LogP contribution in [0.3, 0.4) is 0 Å². The molecule has 20 heavy (non-hydrogen) atoms. The summed E-state index contributed by atoms with van der Waals surface area (Å²) < 4.78 is 5.11. The highest BCUT2D eigenvalue weighted by Gasteiger charge is 2.39. The molecule has 0 saturated carbocycles. The number of hydrogen-bond donors (Lipinski definition) is 3. The van der Waals surface area contributed by atoms with Crippen molar-refractivity contribution >= 4 is 11.9 Å². The van der Waals surface area contributed by atoms with Gasteiger partial charge in [-0.25, -0.2) is 4.79 Å². The Morgan fingerprint density at radius 1 is 1.40 bits per heavy atom. The summed E-state index contributed by atoms with van der Waals surface area (Å²) in [6.07, 6.45) is 0.620. The first-order chi connectivity index (χ1) is 9.51. The van der Waals surface area contributed by atoms with Gasteiger partial charge >= 0.3 is 5.97 Å². The second kappa shape index (κ2) is 6.02. The van der Waals surface area contributed by atoms with Crippen molar-refractivity contribution in [1.82, 2.24) is 5.32 Å². The minimum Gasteiger partial charge on any atom is -0.480 e. The van der Waals surface area contributed by atoms with E-state index in [1.165, 1.54) is 0 Å². The first-order valence-electron chi connectivity index (χ1n) is 6.45. The van der Waals surface area contributed by atoms with Crippen molar-refractivity contribution in [3.8, 4) is 0 Å². The third kappa shape index (κ3) is 3.34. The summed E-state index contributed by atoms with van der Waals surface area (Å²) in [4.78, 5) is 23.4. The molecule has 2 unspecified atom stereocenters. The number of carbonyl (C=O) groups excluding carboxylic acids is 1. The molecule has 1 aliphatic rings. The van der Waals surface area contributed by atoms with Crippen molar-refractivity contribution in [2.75, 3.05) is 13.2 Å². The van der Waals surface area contributed by atoms with Gasteiger partial charge in [0.1, 0.15) is 11.6 Å². The van der Waals surface area contributed by atoms with Crippen LogP contribution in [0.1, 0.15) is 12.0 Å². The fourth-order valence-electron chi connectivity index (χ4n) is 2.11. The monoisotopic (exact) mass is 278 g/mol. The molecule has 1 aromatic rings.